The molecule has 0 radical (unpaired) electrons. The van der Waals surface area contributed by atoms with E-state index in [0.717, 1.165) is 16.9 Å². The normalized spacial score (nSPS) is 10.3. The summed E-state index contributed by atoms with van der Waals surface area (Å²) < 4.78 is 5.64. The van der Waals surface area contributed by atoms with Crippen LogP contribution in [-0.2, 0) is 11.2 Å². The number of aromatic carboxylic acids is 1. The van der Waals surface area contributed by atoms with Crippen LogP contribution in [0.1, 0.15) is 33.5 Å². The molecule has 2 N–H and O–H groups in total. The van der Waals surface area contributed by atoms with Crippen molar-refractivity contribution >= 4 is 11.9 Å². The van der Waals surface area contributed by atoms with Crippen LogP contribution >= 0.6 is 0 Å². The number of carbonyl (C=O) groups excluding carboxylic acids is 1. The fraction of sp³-hybridized carbons (Fsp3) is 0.300. The van der Waals surface area contributed by atoms with Crippen molar-refractivity contribution in [3.63, 3.8) is 0 Å². The van der Waals surface area contributed by atoms with Gasteiger partial charge in [0.25, 0.3) is 0 Å². The van der Waals surface area contributed by atoms with Crippen molar-refractivity contribution in [2.24, 2.45) is 0 Å². The molecule has 5 nitrogen and oxygen atoms in total. The number of hydrogen-bond acceptors (Lipinski definition) is 3. The molecule has 0 saturated carbocycles. The second-order valence-electron chi connectivity index (χ2n) is 5.97. The molecule has 0 aliphatic rings. The average Bonchev–Trinajstić information content (AvgIpc) is 2.57. The molecule has 2 rings (SSSR count). The number of benzene rings is 2. The van der Waals surface area contributed by atoms with Gasteiger partial charge in [0.05, 0.1) is 18.6 Å². The maximum Gasteiger partial charge on any atom is 0.335 e. The molecule has 0 atom stereocenters. The van der Waals surface area contributed by atoms with E-state index in [1.54, 1.807) is 18.2 Å². The number of nitrogens with one attached hydrogen (secondary N) is 1. The van der Waals surface area contributed by atoms with Crippen LogP contribution in [-0.4, -0.2) is 30.1 Å². The van der Waals surface area contributed by atoms with Gasteiger partial charge in [-0.3, -0.25) is 4.79 Å². The Morgan fingerprint density at radius 1 is 1.12 bits per heavy atom. The van der Waals surface area contributed by atoms with Crippen LogP contribution in [0.5, 0.6) is 5.75 Å². The van der Waals surface area contributed by atoms with E-state index in [1.807, 2.05) is 38.1 Å². The molecule has 0 bridgehead atoms. The van der Waals surface area contributed by atoms with Gasteiger partial charge in [-0.1, -0.05) is 29.8 Å². The lowest BCUT2D eigenvalue weighted by Gasteiger charge is -2.10. The molecule has 0 spiro atoms. The molecule has 0 aromatic heterocycles. The highest BCUT2D eigenvalue weighted by atomic mass is 16.5. The van der Waals surface area contributed by atoms with Crippen molar-refractivity contribution in [1.29, 1.82) is 0 Å². The molecule has 2 aromatic rings. The van der Waals surface area contributed by atoms with Gasteiger partial charge in [0.1, 0.15) is 5.75 Å². The summed E-state index contributed by atoms with van der Waals surface area (Å²) in [7, 11) is 0. The molecule has 0 aliphatic heterocycles. The Hall–Kier alpha value is -2.82. The lowest BCUT2D eigenvalue weighted by atomic mass is 10.1. The molecular formula is C20H23NO4. The van der Waals surface area contributed by atoms with Crippen molar-refractivity contribution in [1.82, 2.24) is 5.32 Å². The van der Waals surface area contributed by atoms with E-state index in [-0.39, 0.29) is 17.9 Å². The summed E-state index contributed by atoms with van der Waals surface area (Å²) in [4.78, 5) is 22.8. The van der Waals surface area contributed by atoms with E-state index in [0.29, 0.717) is 19.6 Å². The number of hydrogen-bond donors (Lipinski definition) is 2. The van der Waals surface area contributed by atoms with E-state index in [9.17, 15) is 9.59 Å². The van der Waals surface area contributed by atoms with Crippen LogP contribution in [0.15, 0.2) is 42.5 Å². The van der Waals surface area contributed by atoms with E-state index in [2.05, 4.69) is 5.32 Å². The molecule has 0 heterocycles. The van der Waals surface area contributed by atoms with Crippen LogP contribution in [0.25, 0.3) is 0 Å². The number of carboxylic acids is 1. The molecule has 5 heteroatoms. The highest BCUT2D eigenvalue weighted by Gasteiger charge is 2.06. The van der Waals surface area contributed by atoms with Gasteiger partial charge in [-0.15, -0.1) is 0 Å². The Kier molecular flexibility index (Phi) is 6.57. The van der Waals surface area contributed by atoms with Crippen LogP contribution in [0.3, 0.4) is 0 Å². The quantitative estimate of drug-likeness (QED) is 0.773. The lowest BCUT2D eigenvalue weighted by molar-refractivity contribution is -0.121. The Balaban J connectivity index is 1.70. The smallest absolute Gasteiger partial charge is 0.335 e. The van der Waals surface area contributed by atoms with Gasteiger partial charge in [-0.2, -0.15) is 0 Å². The number of amides is 1. The molecule has 1 amide bonds. The number of carbonyl (C=O) groups is 2. The van der Waals surface area contributed by atoms with Gasteiger partial charge in [-0.25, -0.2) is 4.79 Å². The van der Waals surface area contributed by atoms with Gasteiger partial charge in [0.15, 0.2) is 0 Å². The molecule has 25 heavy (non-hydrogen) atoms. The van der Waals surface area contributed by atoms with Crippen molar-refractivity contribution in [3.8, 4) is 5.75 Å². The summed E-state index contributed by atoms with van der Waals surface area (Å²) in [5.74, 6) is -0.238. The SMILES string of the molecule is Cc1ccc(OCCC(=O)NCCc2cccc(C(=O)O)c2)c(C)c1. The minimum Gasteiger partial charge on any atom is -0.493 e. The predicted octanol–water partition coefficient (Wildman–Crippen LogP) is 3.13. The molecule has 132 valence electrons. The largest absolute Gasteiger partial charge is 0.493 e. The second kappa shape index (κ2) is 8.87. The van der Waals surface area contributed by atoms with Gasteiger partial charge in [-0.05, 0) is 49.6 Å². The summed E-state index contributed by atoms with van der Waals surface area (Å²) in [6.07, 6.45) is 0.868. The topological polar surface area (TPSA) is 75.6 Å². The molecule has 0 saturated heterocycles. The first-order valence-corrected chi connectivity index (χ1v) is 8.24. The zero-order valence-corrected chi connectivity index (χ0v) is 14.5. The van der Waals surface area contributed by atoms with Crippen LogP contribution < -0.4 is 10.1 Å². The third-order valence-electron chi connectivity index (χ3n) is 3.83. The third-order valence-corrected chi connectivity index (χ3v) is 3.83. The zero-order valence-electron chi connectivity index (χ0n) is 14.5. The Bertz CT molecular complexity index is 755. The fourth-order valence-corrected chi connectivity index (χ4v) is 2.51. The standard InChI is InChI=1S/C20H23NO4/c1-14-6-7-18(15(2)12-14)25-11-9-19(22)21-10-8-16-4-3-5-17(13-16)20(23)24/h3-7,12-13H,8-11H2,1-2H3,(H,21,22)(H,23,24). The first kappa shape index (κ1) is 18.5. The third kappa shape index (κ3) is 5.95. The van der Waals surface area contributed by atoms with Crippen LogP contribution in [0.2, 0.25) is 0 Å². The highest BCUT2D eigenvalue weighted by Crippen LogP contribution is 2.18. The first-order chi connectivity index (χ1) is 12.0. The van der Waals surface area contributed by atoms with Gasteiger partial charge in [0.2, 0.25) is 5.91 Å². The van der Waals surface area contributed by atoms with Gasteiger partial charge in [0, 0.05) is 6.54 Å². The van der Waals surface area contributed by atoms with Crippen LogP contribution in [0.4, 0.5) is 0 Å². The monoisotopic (exact) mass is 341 g/mol. The van der Waals surface area contributed by atoms with Crippen LogP contribution in [0, 0.1) is 13.8 Å². The predicted molar refractivity (Wildman–Crippen MR) is 96.1 cm³/mol. The number of ether oxygens (including phenoxy) is 1. The molecular weight excluding hydrogens is 318 g/mol. The molecule has 0 unspecified atom stereocenters. The van der Waals surface area contributed by atoms with E-state index < -0.39 is 5.97 Å². The second-order valence-corrected chi connectivity index (χ2v) is 5.97. The molecule has 2 aromatic carbocycles. The molecule has 0 fully saturated rings. The number of carboxylic acid groups (broad SMARTS) is 1. The molecule has 0 aliphatic carbocycles. The first-order valence-electron chi connectivity index (χ1n) is 8.24. The van der Waals surface area contributed by atoms with E-state index >= 15 is 0 Å². The Labute approximate surface area is 147 Å². The fourth-order valence-electron chi connectivity index (χ4n) is 2.51. The highest BCUT2D eigenvalue weighted by molar-refractivity contribution is 5.87. The lowest BCUT2D eigenvalue weighted by Crippen LogP contribution is -2.27. The Morgan fingerprint density at radius 3 is 2.64 bits per heavy atom. The maximum absolute atomic E-state index is 11.9. The minimum absolute atomic E-state index is 0.0841. The minimum atomic E-state index is -0.950. The van der Waals surface area contributed by atoms with Crippen molar-refractivity contribution in [3.05, 3.63) is 64.7 Å². The van der Waals surface area contributed by atoms with Crippen molar-refractivity contribution < 1.29 is 19.4 Å². The number of aryl methyl sites for hydroxylation is 2. The number of rotatable bonds is 8. The summed E-state index contributed by atoms with van der Waals surface area (Å²) in [6.45, 7) is 4.79. The summed E-state index contributed by atoms with van der Waals surface area (Å²) in [5, 5.41) is 11.8. The summed E-state index contributed by atoms with van der Waals surface area (Å²) in [6, 6.07) is 12.7. The van der Waals surface area contributed by atoms with Crippen molar-refractivity contribution in [2.45, 2.75) is 26.7 Å². The maximum atomic E-state index is 11.9. The Morgan fingerprint density at radius 2 is 1.92 bits per heavy atom. The zero-order chi connectivity index (χ0) is 18.2. The van der Waals surface area contributed by atoms with Gasteiger partial charge >= 0.3 is 5.97 Å². The van der Waals surface area contributed by atoms with Gasteiger partial charge < -0.3 is 15.2 Å². The average molecular weight is 341 g/mol. The summed E-state index contributed by atoms with van der Waals surface area (Å²) >= 11 is 0. The summed E-state index contributed by atoms with van der Waals surface area (Å²) in [5.41, 5.74) is 3.37. The van der Waals surface area contributed by atoms with Crippen molar-refractivity contribution in [2.75, 3.05) is 13.2 Å². The van der Waals surface area contributed by atoms with E-state index in [1.165, 1.54) is 5.56 Å². The van der Waals surface area contributed by atoms with E-state index in [4.69, 9.17) is 9.84 Å².